The minimum atomic E-state index is -1.24. The highest BCUT2D eigenvalue weighted by molar-refractivity contribution is 9.10. The van der Waals surface area contributed by atoms with Crippen molar-refractivity contribution in [3.63, 3.8) is 0 Å². The zero-order valence-electron chi connectivity index (χ0n) is 7.91. The van der Waals surface area contributed by atoms with E-state index >= 15 is 0 Å². The average molecular weight is 288 g/mol. The molecule has 0 aliphatic carbocycles. The van der Waals surface area contributed by atoms with Crippen molar-refractivity contribution in [3.8, 4) is 0 Å². The fraction of sp³-hybridized carbons (Fsp3) is 0. The number of carbonyl (C=O) groups excluding carboxylic acids is 1. The molecule has 0 aliphatic heterocycles. The Hall–Kier alpha value is -1.69. The first-order valence-electron chi connectivity index (χ1n) is 4.16. The largest absolute Gasteiger partial charge is 0.478 e. The molecule has 0 fully saturated rings. The molecule has 0 saturated carbocycles. The van der Waals surface area contributed by atoms with Crippen molar-refractivity contribution in [2.45, 2.75) is 0 Å². The summed E-state index contributed by atoms with van der Waals surface area (Å²) in [6.07, 6.45) is 1.48. The van der Waals surface area contributed by atoms with Gasteiger partial charge in [-0.15, -0.1) is 0 Å². The van der Waals surface area contributed by atoms with E-state index < -0.39 is 17.7 Å². The van der Waals surface area contributed by atoms with E-state index in [1.807, 2.05) is 0 Å². The molecule has 4 nitrogen and oxygen atoms in total. The molecule has 0 spiro atoms. The van der Waals surface area contributed by atoms with Crippen LogP contribution in [0.25, 0.3) is 0 Å². The Kier molecular flexibility index (Phi) is 4.19. The first-order valence-corrected chi connectivity index (χ1v) is 4.95. The number of anilines is 1. The van der Waals surface area contributed by atoms with Crippen molar-refractivity contribution in [1.82, 2.24) is 0 Å². The molecule has 2 N–H and O–H groups in total. The van der Waals surface area contributed by atoms with Gasteiger partial charge in [-0.3, -0.25) is 4.79 Å². The Bertz CT molecular complexity index is 459. The van der Waals surface area contributed by atoms with Crippen LogP contribution >= 0.6 is 15.9 Å². The van der Waals surface area contributed by atoms with E-state index in [0.29, 0.717) is 10.5 Å². The lowest BCUT2D eigenvalue weighted by molar-refractivity contribution is -0.131. The summed E-state index contributed by atoms with van der Waals surface area (Å²) in [4.78, 5) is 21.2. The van der Waals surface area contributed by atoms with Gasteiger partial charge in [0.15, 0.2) is 0 Å². The molecule has 0 unspecified atom stereocenters. The molecular formula is C10H7BrFNO3. The summed E-state index contributed by atoms with van der Waals surface area (Å²) in [6.45, 7) is 0. The SMILES string of the molecule is O=C(O)/C=C\C(=O)Nc1ccc(Br)cc1F. The van der Waals surface area contributed by atoms with E-state index in [0.717, 1.165) is 6.08 Å². The highest BCUT2D eigenvalue weighted by Crippen LogP contribution is 2.19. The van der Waals surface area contributed by atoms with Crippen LogP contribution < -0.4 is 5.32 Å². The smallest absolute Gasteiger partial charge is 0.328 e. The maximum absolute atomic E-state index is 13.2. The van der Waals surface area contributed by atoms with Crippen LogP contribution in [0.15, 0.2) is 34.8 Å². The van der Waals surface area contributed by atoms with Crippen molar-refractivity contribution < 1.29 is 19.1 Å². The summed E-state index contributed by atoms with van der Waals surface area (Å²) in [5.74, 6) is -2.55. The number of halogens is 2. The van der Waals surface area contributed by atoms with Gasteiger partial charge in [0.25, 0.3) is 0 Å². The Morgan fingerprint density at radius 3 is 2.62 bits per heavy atom. The van der Waals surface area contributed by atoms with Crippen molar-refractivity contribution in [3.05, 3.63) is 40.6 Å². The lowest BCUT2D eigenvalue weighted by Crippen LogP contribution is -2.09. The average Bonchev–Trinajstić information content (AvgIpc) is 2.19. The molecule has 0 aliphatic rings. The number of benzene rings is 1. The number of aliphatic carboxylic acids is 1. The summed E-state index contributed by atoms with van der Waals surface area (Å²) in [5, 5.41) is 10.5. The number of rotatable bonds is 3. The molecule has 0 aromatic heterocycles. The Morgan fingerprint density at radius 2 is 2.06 bits per heavy atom. The van der Waals surface area contributed by atoms with Gasteiger partial charge >= 0.3 is 5.97 Å². The number of hydrogen-bond acceptors (Lipinski definition) is 2. The molecule has 1 amide bonds. The zero-order chi connectivity index (χ0) is 12.1. The Labute approximate surface area is 98.9 Å². The van der Waals surface area contributed by atoms with E-state index in [2.05, 4.69) is 21.2 Å². The van der Waals surface area contributed by atoms with E-state index in [4.69, 9.17) is 5.11 Å². The highest BCUT2D eigenvalue weighted by atomic mass is 79.9. The van der Waals surface area contributed by atoms with Gasteiger partial charge in [-0.2, -0.15) is 0 Å². The topological polar surface area (TPSA) is 66.4 Å². The van der Waals surface area contributed by atoms with Gasteiger partial charge in [0, 0.05) is 16.6 Å². The van der Waals surface area contributed by atoms with Gasteiger partial charge in [-0.25, -0.2) is 9.18 Å². The van der Waals surface area contributed by atoms with Crippen LogP contribution in [0.1, 0.15) is 0 Å². The predicted octanol–water partition coefficient (Wildman–Crippen LogP) is 2.17. The molecule has 16 heavy (non-hydrogen) atoms. The fourth-order valence-corrected chi connectivity index (χ4v) is 1.25. The lowest BCUT2D eigenvalue weighted by atomic mass is 10.3. The number of carbonyl (C=O) groups is 2. The zero-order valence-corrected chi connectivity index (χ0v) is 9.49. The minimum Gasteiger partial charge on any atom is -0.478 e. The number of amides is 1. The molecule has 1 aromatic carbocycles. The second-order valence-corrected chi connectivity index (χ2v) is 3.70. The number of hydrogen-bond donors (Lipinski definition) is 2. The monoisotopic (exact) mass is 287 g/mol. The Morgan fingerprint density at radius 1 is 1.38 bits per heavy atom. The molecule has 1 aromatic rings. The fourth-order valence-electron chi connectivity index (χ4n) is 0.912. The lowest BCUT2D eigenvalue weighted by Gasteiger charge is -2.03. The minimum absolute atomic E-state index is 0.0109. The summed E-state index contributed by atoms with van der Waals surface area (Å²) in [5.41, 5.74) is -0.0109. The number of carboxylic acids is 1. The van der Waals surface area contributed by atoms with E-state index in [9.17, 15) is 14.0 Å². The first-order chi connectivity index (χ1) is 7.49. The van der Waals surface area contributed by atoms with Crippen LogP contribution in [0.3, 0.4) is 0 Å². The third kappa shape index (κ3) is 3.82. The molecule has 0 saturated heterocycles. The highest BCUT2D eigenvalue weighted by Gasteiger charge is 2.05. The maximum Gasteiger partial charge on any atom is 0.328 e. The molecule has 1 rings (SSSR count). The van der Waals surface area contributed by atoms with Gasteiger partial charge < -0.3 is 10.4 Å². The van der Waals surface area contributed by atoms with Crippen LogP contribution in [0.2, 0.25) is 0 Å². The van der Waals surface area contributed by atoms with Crippen LogP contribution in [0.4, 0.5) is 10.1 Å². The summed E-state index contributed by atoms with van der Waals surface area (Å²) >= 11 is 3.07. The van der Waals surface area contributed by atoms with Crippen molar-refractivity contribution in [2.75, 3.05) is 5.32 Å². The van der Waals surface area contributed by atoms with Crippen LogP contribution in [0.5, 0.6) is 0 Å². The first kappa shape index (κ1) is 12.4. The predicted molar refractivity (Wildman–Crippen MR) is 59.5 cm³/mol. The second-order valence-electron chi connectivity index (χ2n) is 2.78. The van der Waals surface area contributed by atoms with Crippen molar-refractivity contribution in [1.29, 1.82) is 0 Å². The van der Waals surface area contributed by atoms with Crippen LogP contribution in [0, 0.1) is 5.82 Å². The number of carboxylic acid groups (broad SMARTS) is 1. The normalized spacial score (nSPS) is 10.4. The van der Waals surface area contributed by atoms with Crippen LogP contribution in [-0.2, 0) is 9.59 Å². The van der Waals surface area contributed by atoms with E-state index in [-0.39, 0.29) is 5.69 Å². The van der Waals surface area contributed by atoms with Gasteiger partial charge in [-0.05, 0) is 18.2 Å². The van der Waals surface area contributed by atoms with Gasteiger partial charge in [0.1, 0.15) is 5.82 Å². The third-order valence-corrected chi connectivity index (χ3v) is 2.06. The summed E-state index contributed by atoms with van der Waals surface area (Å²) in [6, 6.07) is 4.11. The standard InChI is InChI=1S/C10H7BrFNO3/c11-6-1-2-8(7(12)5-6)13-9(14)3-4-10(15)16/h1-5H,(H,13,14)(H,15,16)/b4-3-. The molecule has 0 heterocycles. The summed E-state index contributed by atoms with van der Waals surface area (Å²) < 4.78 is 13.8. The van der Waals surface area contributed by atoms with Crippen molar-refractivity contribution in [2.24, 2.45) is 0 Å². The van der Waals surface area contributed by atoms with Gasteiger partial charge in [-0.1, -0.05) is 15.9 Å². The second kappa shape index (κ2) is 5.41. The van der Waals surface area contributed by atoms with Crippen LogP contribution in [-0.4, -0.2) is 17.0 Å². The van der Waals surface area contributed by atoms with E-state index in [1.165, 1.54) is 12.1 Å². The maximum atomic E-state index is 13.2. The molecule has 0 radical (unpaired) electrons. The number of nitrogens with one attached hydrogen (secondary N) is 1. The third-order valence-electron chi connectivity index (χ3n) is 1.57. The summed E-state index contributed by atoms with van der Waals surface area (Å²) in [7, 11) is 0. The molecule has 0 bridgehead atoms. The van der Waals surface area contributed by atoms with Gasteiger partial charge in [0.2, 0.25) is 5.91 Å². The van der Waals surface area contributed by atoms with Crippen molar-refractivity contribution >= 4 is 33.5 Å². The Balaban J connectivity index is 2.73. The molecule has 84 valence electrons. The van der Waals surface area contributed by atoms with E-state index in [1.54, 1.807) is 6.07 Å². The molecule has 0 atom stereocenters. The quantitative estimate of drug-likeness (QED) is 0.838. The molecule has 6 heteroatoms. The van der Waals surface area contributed by atoms with Gasteiger partial charge in [0.05, 0.1) is 5.69 Å². The molecular weight excluding hydrogens is 281 g/mol.